The zero-order valence-electron chi connectivity index (χ0n) is 9.07. The van der Waals surface area contributed by atoms with Gasteiger partial charge in [-0.25, -0.2) is 4.98 Å². The molecule has 0 bridgehead atoms. The lowest BCUT2D eigenvalue weighted by atomic mass is 10.1. The van der Waals surface area contributed by atoms with Crippen LogP contribution in [0.1, 0.15) is 37.3 Å². The second-order valence-corrected chi connectivity index (χ2v) is 4.15. The molecule has 4 heteroatoms. The van der Waals surface area contributed by atoms with Crippen molar-refractivity contribution in [3.63, 3.8) is 0 Å². The lowest BCUT2D eigenvalue weighted by Gasteiger charge is -2.24. The van der Waals surface area contributed by atoms with Crippen LogP contribution in [0.15, 0.2) is 10.9 Å². The average Bonchev–Trinajstić information content (AvgIpc) is 2.17. The second-order valence-electron chi connectivity index (χ2n) is 4.15. The van der Waals surface area contributed by atoms with Gasteiger partial charge in [-0.3, -0.25) is 9.36 Å². The molecule has 0 aliphatic carbocycles. The molecule has 2 N–H and O–H groups in total. The number of aryl methyl sites for hydroxylation is 1. The van der Waals surface area contributed by atoms with Crippen LogP contribution in [0.2, 0.25) is 0 Å². The molecule has 1 aliphatic rings. The normalized spacial score (nSPS) is 20.0. The molecule has 82 valence electrons. The topological polar surface area (TPSA) is 60.9 Å². The van der Waals surface area contributed by atoms with Crippen molar-refractivity contribution in [2.24, 2.45) is 5.73 Å². The Morgan fingerprint density at radius 3 is 3.20 bits per heavy atom. The smallest absolute Gasteiger partial charge is 0.253 e. The summed E-state index contributed by atoms with van der Waals surface area (Å²) < 4.78 is 1.82. The summed E-state index contributed by atoms with van der Waals surface area (Å²) in [5.41, 5.74) is 6.38. The maximum absolute atomic E-state index is 11.9. The van der Waals surface area contributed by atoms with E-state index in [9.17, 15) is 4.79 Å². The van der Waals surface area contributed by atoms with E-state index in [0.29, 0.717) is 19.0 Å². The summed E-state index contributed by atoms with van der Waals surface area (Å²) in [4.78, 5) is 16.3. The molecule has 1 aromatic rings. The van der Waals surface area contributed by atoms with Gasteiger partial charge in [-0.1, -0.05) is 0 Å². The van der Waals surface area contributed by atoms with Crippen LogP contribution in [-0.2, 0) is 12.8 Å². The van der Waals surface area contributed by atoms with Crippen LogP contribution in [-0.4, -0.2) is 16.1 Å². The van der Waals surface area contributed by atoms with Gasteiger partial charge < -0.3 is 5.73 Å². The van der Waals surface area contributed by atoms with Crippen LogP contribution >= 0.6 is 0 Å². The summed E-state index contributed by atoms with van der Waals surface area (Å²) in [7, 11) is 0. The van der Waals surface area contributed by atoms with Gasteiger partial charge in [-0.05, 0) is 26.3 Å². The van der Waals surface area contributed by atoms with Crippen LogP contribution < -0.4 is 11.3 Å². The summed E-state index contributed by atoms with van der Waals surface area (Å²) in [6.07, 6.45) is 3.81. The third kappa shape index (κ3) is 1.95. The van der Waals surface area contributed by atoms with Crippen molar-refractivity contribution in [1.82, 2.24) is 9.55 Å². The van der Waals surface area contributed by atoms with Crippen LogP contribution in [0, 0.1) is 0 Å². The highest BCUT2D eigenvalue weighted by Gasteiger charge is 2.18. The van der Waals surface area contributed by atoms with Crippen LogP contribution in [0.25, 0.3) is 0 Å². The lowest BCUT2D eigenvalue weighted by molar-refractivity contribution is 0.403. The monoisotopic (exact) mass is 207 g/mol. The predicted molar refractivity (Wildman–Crippen MR) is 58.9 cm³/mol. The average molecular weight is 207 g/mol. The van der Waals surface area contributed by atoms with E-state index in [0.717, 1.165) is 30.8 Å². The number of aromatic nitrogens is 2. The van der Waals surface area contributed by atoms with Gasteiger partial charge in [0.15, 0.2) is 0 Å². The first-order valence-corrected chi connectivity index (χ1v) is 5.54. The Bertz CT molecular complexity index is 411. The molecule has 0 spiro atoms. The molecule has 1 atom stereocenters. The van der Waals surface area contributed by atoms with Gasteiger partial charge >= 0.3 is 0 Å². The zero-order valence-corrected chi connectivity index (χ0v) is 9.07. The van der Waals surface area contributed by atoms with Crippen LogP contribution in [0.4, 0.5) is 0 Å². The predicted octanol–water partition coefficient (Wildman–Crippen LogP) is 0.642. The Balaban J connectivity index is 2.46. The van der Waals surface area contributed by atoms with Crippen molar-refractivity contribution in [1.29, 1.82) is 0 Å². The Morgan fingerprint density at radius 1 is 1.67 bits per heavy atom. The van der Waals surface area contributed by atoms with Crippen molar-refractivity contribution in [3.8, 4) is 0 Å². The largest absolute Gasteiger partial charge is 0.330 e. The molecule has 1 aliphatic heterocycles. The number of hydrogen-bond acceptors (Lipinski definition) is 3. The van der Waals surface area contributed by atoms with Gasteiger partial charge in [0, 0.05) is 30.6 Å². The first-order valence-electron chi connectivity index (χ1n) is 5.54. The van der Waals surface area contributed by atoms with Gasteiger partial charge in [0.1, 0.15) is 5.82 Å². The summed E-state index contributed by atoms with van der Waals surface area (Å²) >= 11 is 0. The fourth-order valence-corrected chi connectivity index (χ4v) is 2.20. The van der Waals surface area contributed by atoms with E-state index < -0.39 is 0 Å². The van der Waals surface area contributed by atoms with Crippen molar-refractivity contribution in [2.45, 2.75) is 38.6 Å². The third-order valence-electron chi connectivity index (χ3n) is 2.94. The van der Waals surface area contributed by atoms with E-state index in [1.54, 1.807) is 6.07 Å². The number of hydrogen-bond donors (Lipinski definition) is 1. The molecule has 1 unspecified atom stereocenters. The summed E-state index contributed by atoms with van der Waals surface area (Å²) in [6.45, 7) is 2.62. The molecular weight excluding hydrogens is 190 g/mol. The van der Waals surface area contributed by atoms with E-state index >= 15 is 0 Å². The standard InChI is InChI=1S/C11H17N3O/c1-8-3-2-4-10-13-9(5-6-12)7-11(15)14(8)10/h7-8H,2-6,12H2,1H3. The number of nitrogens with zero attached hydrogens (tertiary/aromatic N) is 2. The molecule has 4 nitrogen and oxygen atoms in total. The van der Waals surface area contributed by atoms with Crippen molar-refractivity contribution >= 4 is 0 Å². The zero-order chi connectivity index (χ0) is 10.8. The molecule has 0 saturated heterocycles. The molecule has 0 saturated carbocycles. The Labute approximate surface area is 89.1 Å². The van der Waals surface area contributed by atoms with E-state index in [4.69, 9.17) is 5.73 Å². The fourth-order valence-electron chi connectivity index (χ4n) is 2.20. The highest BCUT2D eigenvalue weighted by Crippen LogP contribution is 2.20. The van der Waals surface area contributed by atoms with Crippen molar-refractivity contribution in [3.05, 3.63) is 27.9 Å². The molecule has 0 amide bonds. The maximum Gasteiger partial charge on any atom is 0.253 e. The van der Waals surface area contributed by atoms with Gasteiger partial charge in [0.25, 0.3) is 5.56 Å². The van der Waals surface area contributed by atoms with Crippen LogP contribution in [0.3, 0.4) is 0 Å². The second kappa shape index (κ2) is 4.14. The van der Waals surface area contributed by atoms with Gasteiger partial charge in [0.2, 0.25) is 0 Å². The quantitative estimate of drug-likeness (QED) is 0.774. The first kappa shape index (κ1) is 10.4. The van der Waals surface area contributed by atoms with Gasteiger partial charge in [-0.2, -0.15) is 0 Å². The van der Waals surface area contributed by atoms with Crippen LogP contribution in [0.5, 0.6) is 0 Å². The number of fused-ring (bicyclic) bond motifs is 1. The minimum Gasteiger partial charge on any atom is -0.330 e. The highest BCUT2D eigenvalue weighted by atomic mass is 16.1. The van der Waals surface area contributed by atoms with Crippen molar-refractivity contribution < 1.29 is 0 Å². The summed E-state index contributed by atoms with van der Waals surface area (Å²) in [5.74, 6) is 0.935. The molecule has 2 rings (SSSR count). The minimum absolute atomic E-state index is 0.0793. The van der Waals surface area contributed by atoms with Crippen molar-refractivity contribution in [2.75, 3.05) is 6.54 Å². The summed E-state index contributed by atoms with van der Waals surface area (Å²) in [5, 5.41) is 0. The highest BCUT2D eigenvalue weighted by molar-refractivity contribution is 5.08. The molecule has 15 heavy (non-hydrogen) atoms. The number of nitrogens with two attached hydrogens (primary N) is 1. The Hall–Kier alpha value is -1.16. The molecule has 0 fully saturated rings. The van der Waals surface area contributed by atoms with Gasteiger partial charge in [0.05, 0.1) is 0 Å². The van der Waals surface area contributed by atoms with E-state index in [1.807, 2.05) is 4.57 Å². The van der Waals surface area contributed by atoms with E-state index in [-0.39, 0.29) is 5.56 Å². The fraction of sp³-hybridized carbons (Fsp3) is 0.636. The minimum atomic E-state index is 0.0793. The molecule has 0 aromatic carbocycles. The third-order valence-corrected chi connectivity index (χ3v) is 2.94. The maximum atomic E-state index is 11.9. The first-order chi connectivity index (χ1) is 7.22. The Morgan fingerprint density at radius 2 is 2.47 bits per heavy atom. The molecule has 1 aromatic heterocycles. The summed E-state index contributed by atoms with van der Waals surface area (Å²) in [6, 6.07) is 1.92. The number of rotatable bonds is 2. The SMILES string of the molecule is CC1CCCc2nc(CCN)cc(=O)n21. The molecule has 0 radical (unpaired) electrons. The molecule has 2 heterocycles. The van der Waals surface area contributed by atoms with E-state index in [2.05, 4.69) is 11.9 Å². The van der Waals surface area contributed by atoms with E-state index in [1.165, 1.54) is 0 Å². The lowest BCUT2D eigenvalue weighted by Crippen LogP contribution is -2.31. The Kier molecular flexibility index (Phi) is 2.86. The molecular formula is C11H17N3O. The van der Waals surface area contributed by atoms with Gasteiger partial charge in [-0.15, -0.1) is 0 Å².